The van der Waals surface area contributed by atoms with Crippen LogP contribution in [0.5, 0.6) is 0 Å². The van der Waals surface area contributed by atoms with Crippen molar-refractivity contribution < 1.29 is 29.6 Å². The Hall–Kier alpha value is -3.01. The van der Waals surface area contributed by atoms with Gasteiger partial charge in [0, 0.05) is 31.1 Å². The van der Waals surface area contributed by atoms with Crippen LogP contribution in [0.15, 0.2) is 74.9 Å². The van der Waals surface area contributed by atoms with Crippen molar-refractivity contribution in [3.8, 4) is 0 Å². The highest BCUT2D eigenvalue weighted by Crippen LogP contribution is 2.44. The minimum Gasteiger partial charge on any atom is -0.489 e. The second-order valence-electron chi connectivity index (χ2n) is 9.94. The van der Waals surface area contributed by atoms with E-state index >= 15 is 0 Å². The SMILES string of the molecule is C.CC1C=CC(OCC2=CC3CC3C=C2)=CC1=O.CCOC(=O)c1ccc(CNCOCC2=C(C)N(C)CS2)o1.[HH]. The quantitative estimate of drug-likeness (QED) is 0.193. The number of thioether (sulfide) groups is 1. The van der Waals surface area contributed by atoms with Crippen LogP contribution in [0.3, 0.4) is 0 Å². The van der Waals surface area contributed by atoms with Crippen molar-refractivity contribution in [3.05, 3.63) is 82.0 Å². The number of hydrogen-bond donors (Lipinski definition) is 1. The highest BCUT2D eigenvalue weighted by molar-refractivity contribution is 8.03. The predicted molar refractivity (Wildman–Crippen MR) is 160 cm³/mol. The standard InChI is InChI=1S/C15H22N2O4S.C15H16O2.CH4.H2/c1-4-20-15(18)13-6-5-12(21-13)7-16-9-19-8-14-11(2)17(3)10-22-14;1-10-2-5-14(8-15(10)16)17-9-11-3-4-12-7-13(12)6-11;;/h5-6,16H,4,7-10H2,1-3H3;2-6,8,10,12-13H,7,9H2,1H3;1H4;1H. The van der Waals surface area contributed by atoms with Crippen molar-refractivity contribution in [2.75, 3.05) is 39.5 Å². The Morgan fingerprint density at radius 1 is 1.23 bits per heavy atom. The zero-order valence-corrected chi connectivity index (χ0v) is 23.9. The summed E-state index contributed by atoms with van der Waals surface area (Å²) in [7, 11) is 2.08. The maximum Gasteiger partial charge on any atom is 0.374 e. The number of esters is 1. The molecular formula is C31H44N2O6S. The summed E-state index contributed by atoms with van der Waals surface area (Å²) in [6, 6.07) is 3.38. The summed E-state index contributed by atoms with van der Waals surface area (Å²) in [5, 5.41) is 3.12. The Labute approximate surface area is 243 Å². The van der Waals surface area contributed by atoms with Gasteiger partial charge in [0.25, 0.3) is 0 Å². The van der Waals surface area contributed by atoms with Crippen LogP contribution in [0.1, 0.15) is 52.4 Å². The second kappa shape index (κ2) is 15.1. The van der Waals surface area contributed by atoms with E-state index in [1.165, 1.54) is 22.6 Å². The summed E-state index contributed by atoms with van der Waals surface area (Å²) >= 11 is 1.81. The number of hydrogen-bond acceptors (Lipinski definition) is 9. The highest BCUT2D eigenvalue weighted by atomic mass is 32.2. The number of nitrogens with zero attached hydrogens (tertiary/aromatic N) is 1. The van der Waals surface area contributed by atoms with Gasteiger partial charge in [0.1, 0.15) is 18.1 Å². The van der Waals surface area contributed by atoms with E-state index in [-0.39, 0.29) is 26.3 Å². The number of carbonyl (C=O) groups excluding carboxylic acids is 2. The Morgan fingerprint density at radius 2 is 2.05 bits per heavy atom. The number of allylic oxidation sites excluding steroid dienone is 6. The van der Waals surface area contributed by atoms with E-state index in [0.717, 1.165) is 17.7 Å². The zero-order valence-electron chi connectivity index (χ0n) is 23.1. The van der Waals surface area contributed by atoms with E-state index in [0.29, 0.717) is 44.6 Å². The second-order valence-corrected chi connectivity index (χ2v) is 11.0. The van der Waals surface area contributed by atoms with Gasteiger partial charge in [0.15, 0.2) is 5.78 Å². The number of nitrogens with one attached hydrogen (secondary N) is 1. The predicted octanol–water partition coefficient (Wildman–Crippen LogP) is 6.06. The van der Waals surface area contributed by atoms with Crippen molar-refractivity contribution in [2.24, 2.45) is 17.8 Å². The van der Waals surface area contributed by atoms with Gasteiger partial charge in [-0.25, -0.2) is 4.79 Å². The zero-order chi connectivity index (χ0) is 27.8. The van der Waals surface area contributed by atoms with Gasteiger partial charge >= 0.3 is 5.97 Å². The van der Waals surface area contributed by atoms with Gasteiger partial charge in [-0.2, -0.15) is 0 Å². The Bertz CT molecular complexity index is 1200. The fourth-order valence-electron chi connectivity index (χ4n) is 4.14. The summed E-state index contributed by atoms with van der Waals surface area (Å²) in [5.74, 6) is 3.78. The van der Waals surface area contributed by atoms with Gasteiger partial charge in [-0.05, 0) is 55.9 Å². The molecule has 0 radical (unpaired) electrons. The molecule has 0 spiro atoms. The monoisotopic (exact) mass is 572 g/mol. The first-order valence-corrected chi connectivity index (χ1v) is 14.4. The van der Waals surface area contributed by atoms with Crippen LogP contribution in [0, 0.1) is 17.8 Å². The molecule has 0 saturated heterocycles. The van der Waals surface area contributed by atoms with Gasteiger partial charge in [0.05, 0.1) is 32.4 Å². The molecule has 0 bridgehead atoms. The normalized spacial score (nSPS) is 22.6. The van der Waals surface area contributed by atoms with E-state index in [9.17, 15) is 9.59 Å². The number of rotatable bonds is 11. The molecule has 1 N–H and O–H groups in total. The molecule has 5 rings (SSSR count). The molecule has 1 saturated carbocycles. The van der Waals surface area contributed by atoms with E-state index in [1.54, 1.807) is 25.1 Å². The van der Waals surface area contributed by atoms with Crippen LogP contribution >= 0.6 is 11.8 Å². The van der Waals surface area contributed by atoms with Crippen molar-refractivity contribution in [2.45, 2.75) is 41.2 Å². The average molecular weight is 573 g/mol. The Morgan fingerprint density at radius 3 is 2.75 bits per heavy atom. The van der Waals surface area contributed by atoms with Gasteiger partial charge < -0.3 is 23.5 Å². The first kappa shape index (κ1) is 31.5. The molecule has 1 aromatic heterocycles. The lowest BCUT2D eigenvalue weighted by Crippen LogP contribution is -2.18. The number of furan rings is 1. The van der Waals surface area contributed by atoms with Gasteiger partial charge in [-0.15, -0.1) is 11.8 Å². The molecule has 1 aromatic rings. The molecule has 0 aromatic carbocycles. The Kier molecular flexibility index (Phi) is 11.9. The minimum atomic E-state index is -0.435. The first-order chi connectivity index (χ1) is 18.8. The lowest BCUT2D eigenvalue weighted by molar-refractivity contribution is -0.116. The third-order valence-electron chi connectivity index (χ3n) is 6.85. The van der Waals surface area contributed by atoms with Crippen LogP contribution in [0.4, 0.5) is 0 Å². The minimum absolute atomic E-state index is 0. The van der Waals surface area contributed by atoms with E-state index < -0.39 is 5.97 Å². The smallest absolute Gasteiger partial charge is 0.374 e. The van der Waals surface area contributed by atoms with Crippen molar-refractivity contribution in [1.82, 2.24) is 10.2 Å². The van der Waals surface area contributed by atoms with Gasteiger partial charge in [-0.3, -0.25) is 10.1 Å². The first-order valence-electron chi connectivity index (χ1n) is 13.4. The summed E-state index contributed by atoms with van der Waals surface area (Å²) in [4.78, 5) is 26.4. The van der Waals surface area contributed by atoms with Crippen molar-refractivity contribution in [3.63, 3.8) is 0 Å². The molecule has 40 heavy (non-hydrogen) atoms. The summed E-state index contributed by atoms with van der Waals surface area (Å²) in [6.45, 7) is 8.21. The average Bonchev–Trinajstić information content (AvgIpc) is 3.43. The van der Waals surface area contributed by atoms with E-state index in [2.05, 4.69) is 42.4 Å². The molecule has 1 fully saturated rings. The number of ether oxygens (including phenoxy) is 3. The van der Waals surface area contributed by atoms with Crippen molar-refractivity contribution >= 4 is 23.5 Å². The molecule has 8 nitrogen and oxygen atoms in total. The van der Waals surface area contributed by atoms with Gasteiger partial charge in [0.2, 0.25) is 5.76 Å². The topological polar surface area (TPSA) is 90.2 Å². The van der Waals surface area contributed by atoms with Crippen LogP contribution in [-0.4, -0.2) is 56.1 Å². The van der Waals surface area contributed by atoms with Crippen LogP contribution in [0.2, 0.25) is 0 Å². The van der Waals surface area contributed by atoms with Crippen molar-refractivity contribution in [1.29, 1.82) is 0 Å². The maximum absolute atomic E-state index is 11.5. The lowest BCUT2D eigenvalue weighted by Gasteiger charge is -2.13. The third-order valence-corrected chi connectivity index (χ3v) is 8.13. The number of carbonyl (C=O) groups is 2. The highest BCUT2D eigenvalue weighted by Gasteiger charge is 2.34. The molecule has 0 amide bonds. The summed E-state index contributed by atoms with van der Waals surface area (Å²) in [5.41, 5.74) is 2.50. The number of fused-ring (bicyclic) bond motifs is 1. The lowest BCUT2D eigenvalue weighted by atomic mass is 10.0. The van der Waals surface area contributed by atoms with Gasteiger partial charge in [-0.1, -0.05) is 38.7 Å². The number of ketones is 1. The summed E-state index contributed by atoms with van der Waals surface area (Å²) in [6.07, 6.45) is 13.4. The van der Waals surface area contributed by atoms with Crippen LogP contribution in [0.25, 0.3) is 0 Å². The largest absolute Gasteiger partial charge is 0.489 e. The fourth-order valence-corrected chi connectivity index (χ4v) is 5.22. The maximum atomic E-state index is 11.5. The Balaban J connectivity index is 0.000000280. The molecule has 220 valence electrons. The molecule has 4 aliphatic rings. The molecule has 1 aliphatic heterocycles. The molecular weight excluding hydrogens is 528 g/mol. The summed E-state index contributed by atoms with van der Waals surface area (Å²) < 4.78 is 21.5. The van der Waals surface area contributed by atoms with E-state index in [1.807, 2.05) is 30.8 Å². The van der Waals surface area contributed by atoms with Crippen LogP contribution in [-0.2, 0) is 25.5 Å². The third kappa shape index (κ3) is 9.01. The molecule has 3 aliphatic carbocycles. The molecule has 3 unspecified atom stereocenters. The van der Waals surface area contributed by atoms with E-state index in [4.69, 9.17) is 18.6 Å². The van der Waals surface area contributed by atoms with Crippen LogP contribution < -0.4 is 5.32 Å². The molecule has 2 heterocycles. The fraction of sp³-hybridized carbons (Fsp3) is 0.484. The molecule has 3 atom stereocenters. The molecule has 9 heteroatoms.